The van der Waals surface area contributed by atoms with Crippen LogP contribution in [0, 0.1) is 0 Å². The van der Waals surface area contributed by atoms with E-state index in [4.69, 9.17) is 5.11 Å². The Kier molecular flexibility index (Phi) is 1.60. The molecule has 0 fully saturated rings. The number of aromatic nitrogens is 2. The quantitative estimate of drug-likeness (QED) is 0.651. The third-order valence-electron chi connectivity index (χ3n) is 2.34. The van der Waals surface area contributed by atoms with Crippen molar-refractivity contribution in [2.45, 2.75) is 25.2 Å². The molecule has 0 amide bonds. The summed E-state index contributed by atoms with van der Waals surface area (Å²) >= 11 is 0. The van der Waals surface area contributed by atoms with E-state index >= 15 is 0 Å². The Morgan fingerprint density at radius 2 is 2.58 bits per heavy atom. The molecule has 0 bridgehead atoms. The van der Waals surface area contributed by atoms with E-state index in [0.29, 0.717) is 0 Å². The van der Waals surface area contributed by atoms with Crippen LogP contribution in [0.5, 0.6) is 0 Å². The normalized spacial score (nSPS) is 21.8. The number of hydrogen-bond acceptors (Lipinski definition) is 2. The maximum Gasteiger partial charge on any atom is 0.311 e. The molecule has 1 aliphatic rings. The summed E-state index contributed by atoms with van der Waals surface area (Å²) < 4.78 is 0. The average Bonchev–Trinajstić information content (AvgIpc) is 2.49. The topological polar surface area (TPSA) is 66.0 Å². The van der Waals surface area contributed by atoms with Crippen molar-refractivity contribution in [2.75, 3.05) is 0 Å². The Bertz CT molecular complexity index is 306. The smallest absolute Gasteiger partial charge is 0.311 e. The van der Waals surface area contributed by atoms with Gasteiger partial charge in [0.15, 0.2) is 0 Å². The molecule has 4 heteroatoms. The summed E-state index contributed by atoms with van der Waals surface area (Å²) in [5.74, 6) is -1.08. The molecule has 1 heterocycles. The molecule has 1 aliphatic carbocycles. The molecule has 0 radical (unpaired) electrons. The van der Waals surface area contributed by atoms with Crippen LogP contribution < -0.4 is 0 Å². The minimum absolute atomic E-state index is 0.340. The van der Waals surface area contributed by atoms with E-state index in [0.717, 1.165) is 30.5 Å². The zero-order valence-electron chi connectivity index (χ0n) is 6.58. The standard InChI is InChI=1S/C8H10N2O2/c11-8(12)5-2-1-3-7-6(5)4-9-10-7/h4-5H,1-3H2,(H,9,10)(H,11,12)/t5-/m1/s1. The van der Waals surface area contributed by atoms with Crippen LogP contribution in [0.4, 0.5) is 0 Å². The largest absolute Gasteiger partial charge is 0.481 e. The Labute approximate surface area is 69.6 Å². The second-order valence-electron chi connectivity index (χ2n) is 3.09. The summed E-state index contributed by atoms with van der Waals surface area (Å²) in [6, 6.07) is 0. The van der Waals surface area contributed by atoms with Crippen LogP contribution in [-0.4, -0.2) is 21.3 Å². The highest BCUT2D eigenvalue weighted by Crippen LogP contribution is 2.29. The van der Waals surface area contributed by atoms with Gasteiger partial charge < -0.3 is 5.11 Å². The van der Waals surface area contributed by atoms with Crippen molar-refractivity contribution in [3.63, 3.8) is 0 Å². The predicted octanol–water partition coefficient (Wildman–Crippen LogP) is 0.914. The number of nitrogens with zero attached hydrogens (tertiary/aromatic N) is 1. The van der Waals surface area contributed by atoms with Crippen LogP contribution in [-0.2, 0) is 11.2 Å². The van der Waals surface area contributed by atoms with Gasteiger partial charge in [0.2, 0.25) is 0 Å². The first kappa shape index (κ1) is 7.34. The van der Waals surface area contributed by atoms with E-state index < -0.39 is 5.97 Å². The maximum absolute atomic E-state index is 10.8. The van der Waals surface area contributed by atoms with Crippen molar-refractivity contribution in [3.8, 4) is 0 Å². The van der Waals surface area contributed by atoms with Gasteiger partial charge in [-0.1, -0.05) is 0 Å². The van der Waals surface area contributed by atoms with E-state index in [1.54, 1.807) is 6.20 Å². The van der Waals surface area contributed by atoms with Crippen LogP contribution >= 0.6 is 0 Å². The molecule has 1 aromatic rings. The first-order valence-corrected chi connectivity index (χ1v) is 4.04. The third kappa shape index (κ3) is 0.995. The molecule has 0 saturated heterocycles. The van der Waals surface area contributed by atoms with Crippen molar-refractivity contribution < 1.29 is 9.90 Å². The summed E-state index contributed by atoms with van der Waals surface area (Å²) in [5, 5.41) is 15.5. The molecule has 64 valence electrons. The lowest BCUT2D eigenvalue weighted by atomic mass is 9.87. The molecule has 0 aliphatic heterocycles. The fraction of sp³-hybridized carbons (Fsp3) is 0.500. The summed E-state index contributed by atoms with van der Waals surface area (Å²) in [6.07, 6.45) is 4.24. The van der Waals surface area contributed by atoms with Gasteiger partial charge >= 0.3 is 5.97 Å². The van der Waals surface area contributed by atoms with Crippen LogP contribution in [0.25, 0.3) is 0 Å². The number of rotatable bonds is 1. The fourth-order valence-corrected chi connectivity index (χ4v) is 1.72. The number of aromatic amines is 1. The average molecular weight is 166 g/mol. The van der Waals surface area contributed by atoms with Gasteiger partial charge in [-0.05, 0) is 19.3 Å². The van der Waals surface area contributed by atoms with Gasteiger partial charge in [-0.3, -0.25) is 9.89 Å². The molecule has 2 rings (SSSR count). The Morgan fingerprint density at radius 3 is 3.33 bits per heavy atom. The van der Waals surface area contributed by atoms with Crippen molar-refractivity contribution in [1.29, 1.82) is 0 Å². The molecule has 1 aromatic heterocycles. The number of carbonyl (C=O) groups is 1. The number of hydrogen-bond donors (Lipinski definition) is 2. The molecular weight excluding hydrogens is 156 g/mol. The van der Waals surface area contributed by atoms with E-state index in [9.17, 15) is 4.79 Å². The number of aryl methyl sites for hydroxylation is 1. The highest BCUT2D eigenvalue weighted by atomic mass is 16.4. The van der Waals surface area contributed by atoms with Gasteiger partial charge in [0, 0.05) is 11.3 Å². The number of aliphatic carboxylic acids is 1. The number of carboxylic acid groups (broad SMARTS) is 1. The van der Waals surface area contributed by atoms with E-state index in [1.807, 2.05) is 0 Å². The second-order valence-corrected chi connectivity index (χ2v) is 3.09. The van der Waals surface area contributed by atoms with Crippen molar-refractivity contribution in [2.24, 2.45) is 0 Å². The van der Waals surface area contributed by atoms with E-state index in [1.165, 1.54) is 0 Å². The van der Waals surface area contributed by atoms with Gasteiger partial charge in [0.05, 0.1) is 12.1 Å². The van der Waals surface area contributed by atoms with Crippen molar-refractivity contribution >= 4 is 5.97 Å². The van der Waals surface area contributed by atoms with Gasteiger partial charge in [-0.2, -0.15) is 5.10 Å². The van der Waals surface area contributed by atoms with Crippen molar-refractivity contribution in [1.82, 2.24) is 10.2 Å². The fourth-order valence-electron chi connectivity index (χ4n) is 1.72. The van der Waals surface area contributed by atoms with Gasteiger partial charge in [-0.25, -0.2) is 0 Å². The Balaban J connectivity index is 2.37. The van der Waals surface area contributed by atoms with Crippen LogP contribution in [0.1, 0.15) is 30.0 Å². The Hall–Kier alpha value is -1.32. The zero-order valence-corrected chi connectivity index (χ0v) is 6.58. The number of carboxylic acids is 1. The SMILES string of the molecule is O=C(O)[C@@H]1CCCc2[nH]ncc21. The first-order valence-electron chi connectivity index (χ1n) is 4.04. The molecule has 1 atom stereocenters. The third-order valence-corrected chi connectivity index (χ3v) is 2.34. The first-order chi connectivity index (χ1) is 5.79. The lowest BCUT2D eigenvalue weighted by Gasteiger charge is -2.17. The van der Waals surface area contributed by atoms with Crippen LogP contribution in [0.3, 0.4) is 0 Å². The highest BCUT2D eigenvalue weighted by molar-refractivity contribution is 5.76. The van der Waals surface area contributed by atoms with Crippen LogP contribution in [0.15, 0.2) is 6.20 Å². The molecule has 12 heavy (non-hydrogen) atoms. The minimum Gasteiger partial charge on any atom is -0.481 e. The molecule has 0 saturated carbocycles. The monoisotopic (exact) mass is 166 g/mol. The second kappa shape index (κ2) is 2.62. The lowest BCUT2D eigenvalue weighted by molar-refractivity contribution is -0.139. The number of fused-ring (bicyclic) bond motifs is 1. The molecule has 0 aromatic carbocycles. The van der Waals surface area contributed by atoms with Crippen LogP contribution in [0.2, 0.25) is 0 Å². The number of H-pyrrole nitrogens is 1. The van der Waals surface area contributed by atoms with Crippen molar-refractivity contribution in [3.05, 3.63) is 17.5 Å². The van der Waals surface area contributed by atoms with Gasteiger partial charge in [-0.15, -0.1) is 0 Å². The van der Waals surface area contributed by atoms with E-state index in [-0.39, 0.29) is 5.92 Å². The zero-order chi connectivity index (χ0) is 8.55. The molecule has 0 spiro atoms. The summed E-state index contributed by atoms with van der Waals surface area (Å²) in [7, 11) is 0. The van der Waals surface area contributed by atoms with Gasteiger partial charge in [0.25, 0.3) is 0 Å². The van der Waals surface area contributed by atoms with E-state index in [2.05, 4.69) is 10.2 Å². The highest BCUT2D eigenvalue weighted by Gasteiger charge is 2.27. The molecule has 0 unspecified atom stereocenters. The summed E-state index contributed by atoms with van der Waals surface area (Å²) in [5.41, 5.74) is 1.86. The molecule has 2 N–H and O–H groups in total. The summed E-state index contributed by atoms with van der Waals surface area (Å²) in [4.78, 5) is 10.8. The Morgan fingerprint density at radius 1 is 1.75 bits per heavy atom. The maximum atomic E-state index is 10.8. The minimum atomic E-state index is -0.739. The lowest BCUT2D eigenvalue weighted by Crippen LogP contribution is -2.16. The predicted molar refractivity (Wildman–Crippen MR) is 41.9 cm³/mol. The summed E-state index contributed by atoms with van der Waals surface area (Å²) in [6.45, 7) is 0. The molecular formula is C8H10N2O2. The molecule has 4 nitrogen and oxygen atoms in total. The van der Waals surface area contributed by atoms with Gasteiger partial charge in [0.1, 0.15) is 0 Å². The number of nitrogens with one attached hydrogen (secondary N) is 1.